The third-order valence-corrected chi connectivity index (χ3v) is 3.79. The van der Waals surface area contributed by atoms with E-state index < -0.39 is 0 Å². The van der Waals surface area contributed by atoms with Gasteiger partial charge >= 0.3 is 0 Å². The topological polar surface area (TPSA) is 37.2 Å². The van der Waals surface area contributed by atoms with Crippen molar-refractivity contribution < 1.29 is 4.74 Å². The van der Waals surface area contributed by atoms with Crippen molar-refractivity contribution in [1.82, 2.24) is 0 Å². The third kappa shape index (κ3) is 2.96. The zero-order valence-corrected chi connectivity index (χ0v) is 11.4. The summed E-state index contributed by atoms with van der Waals surface area (Å²) in [4.78, 5) is 10.1. The minimum Gasteiger partial charge on any atom is -0.381 e. The molecule has 2 aliphatic heterocycles. The van der Waals surface area contributed by atoms with Gasteiger partial charge in [0.25, 0.3) is 0 Å². The van der Waals surface area contributed by atoms with E-state index in [0.717, 1.165) is 31.7 Å². The molecule has 0 bridgehead atoms. The highest BCUT2D eigenvalue weighted by atomic mass is 35.5. The molecule has 0 radical (unpaired) electrons. The Morgan fingerprint density at radius 3 is 2.53 bits per heavy atom. The van der Waals surface area contributed by atoms with Crippen LogP contribution in [0.3, 0.4) is 0 Å². The van der Waals surface area contributed by atoms with Crippen molar-refractivity contribution in [2.75, 3.05) is 24.8 Å². The maximum Gasteiger partial charge on any atom is 0.220 e. The molecule has 100 valence electrons. The molecule has 3 rings (SSSR count). The molecule has 2 heterocycles. The van der Waals surface area contributed by atoms with Gasteiger partial charge in [-0.05, 0) is 48.1 Å². The number of hydrogen-bond donors (Lipinski definition) is 0. The molecule has 1 fully saturated rings. The molecule has 1 aromatic rings. The lowest BCUT2D eigenvalue weighted by Gasteiger charge is -2.24. The molecule has 4 nitrogen and oxygen atoms in total. The van der Waals surface area contributed by atoms with E-state index >= 15 is 0 Å². The highest BCUT2D eigenvalue weighted by Crippen LogP contribution is 2.28. The van der Waals surface area contributed by atoms with Crippen molar-refractivity contribution in [2.45, 2.75) is 18.8 Å². The minimum atomic E-state index is 0.315. The minimum absolute atomic E-state index is 0.315. The third-order valence-electron chi connectivity index (χ3n) is 3.57. The van der Waals surface area contributed by atoms with Crippen LogP contribution in [0.4, 0.5) is 5.69 Å². The van der Waals surface area contributed by atoms with Crippen molar-refractivity contribution in [3.05, 3.63) is 29.8 Å². The number of anilines is 1. The summed E-state index contributed by atoms with van der Waals surface area (Å²) in [6.45, 7) is 2.27. The zero-order chi connectivity index (χ0) is 13.1. The lowest BCUT2D eigenvalue weighted by atomic mass is 9.92. The van der Waals surface area contributed by atoms with E-state index in [1.165, 1.54) is 5.56 Å². The van der Waals surface area contributed by atoms with Gasteiger partial charge in [-0.1, -0.05) is 12.1 Å². The van der Waals surface area contributed by atoms with Gasteiger partial charge in [0.05, 0.1) is 6.34 Å². The summed E-state index contributed by atoms with van der Waals surface area (Å²) < 4.78 is 5.40. The molecular weight excluding hydrogens is 262 g/mol. The fourth-order valence-electron chi connectivity index (χ4n) is 2.45. The summed E-state index contributed by atoms with van der Waals surface area (Å²) in [5, 5.41) is 0.315. The molecular formula is C14H16ClN3O. The first kappa shape index (κ1) is 12.6. The van der Waals surface area contributed by atoms with Gasteiger partial charge in [0, 0.05) is 18.9 Å². The van der Waals surface area contributed by atoms with Crippen molar-refractivity contribution >= 4 is 28.9 Å². The van der Waals surface area contributed by atoms with Crippen LogP contribution in [-0.4, -0.2) is 31.5 Å². The van der Waals surface area contributed by atoms with Crippen LogP contribution >= 0.6 is 11.6 Å². The number of ether oxygens (including phenoxy) is 1. The molecule has 0 atom stereocenters. The highest BCUT2D eigenvalue weighted by Gasteiger charge is 2.16. The van der Waals surface area contributed by atoms with Crippen LogP contribution in [0.25, 0.3) is 0 Å². The quantitative estimate of drug-likeness (QED) is 0.780. The normalized spacial score (nSPS) is 20.5. The zero-order valence-electron chi connectivity index (χ0n) is 10.6. The molecule has 0 amide bonds. The molecule has 1 aromatic carbocycles. The van der Waals surface area contributed by atoms with E-state index in [1.807, 2.05) is 4.90 Å². The Morgan fingerprint density at radius 1 is 1.16 bits per heavy atom. The van der Waals surface area contributed by atoms with Crippen LogP contribution < -0.4 is 4.90 Å². The molecule has 0 aromatic heterocycles. The number of benzene rings is 1. The summed E-state index contributed by atoms with van der Waals surface area (Å²) in [7, 11) is 0. The van der Waals surface area contributed by atoms with E-state index in [1.54, 1.807) is 6.34 Å². The molecule has 0 spiro atoms. The summed E-state index contributed by atoms with van der Waals surface area (Å²) in [6.07, 6.45) is 3.95. The van der Waals surface area contributed by atoms with Gasteiger partial charge in [-0.3, -0.25) is 0 Å². The lowest BCUT2D eigenvalue weighted by Crippen LogP contribution is -2.25. The van der Waals surface area contributed by atoms with Gasteiger partial charge in [-0.25, -0.2) is 9.98 Å². The van der Waals surface area contributed by atoms with Crippen LogP contribution in [0.1, 0.15) is 24.3 Å². The van der Waals surface area contributed by atoms with Gasteiger partial charge < -0.3 is 9.64 Å². The summed E-state index contributed by atoms with van der Waals surface area (Å²) >= 11 is 5.71. The van der Waals surface area contributed by atoms with Gasteiger partial charge in [0.15, 0.2) is 0 Å². The second-order valence-electron chi connectivity index (χ2n) is 4.76. The molecule has 1 saturated heterocycles. The Bertz CT molecular complexity index is 492. The fourth-order valence-corrected chi connectivity index (χ4v) is 2.54. The van der Waals surface area contributed by atoms with Gasteiger partial charge in [-0.15, -0.1) is 0 Å². The monoisotopic (exact) mass is 277 g/mol. The number of amidine groups is 1. The largest absolute Gasteiger partial charge is 0.381 e. The van der Waals surface area contributed by atoms with Gasteiger partial charge in [0.2, 0.25) is 5.29 Å². The Balaban J connectivity index is 1.70. The van der Waals surface area contributed by atoms with E-state index in [4.69, 9.17) is 16.3 Å². The second kappa shape index (κ2) is 5.72. The Morgan fingerprint density at radius 2 is 1.89 bits per heavy atom. The van der Waals surface area contributed by atoms with Crippen molar-refractivity contribution in [3.8, 4) is 0 Å². The molecule has 5 heteroatoms. The van der Waals surface area contributed by atoms with Gasteiger partial charge in [-0.2, -0.15) is 0 Å². The molecule has 2 aliphatic rings. The Labute approximate surface area is 117 Å². The summed E-state index contributed by atoms with van der Waals surface area (Å²) in [5.41, 5.74) is 2.48. The van der Waals surface area contributed by atoms with Crippen LogP contribution in [-0.2, 0) is 4.74 Å². The summed E-state index contributed by atoms with van der Waals surface area (Å²) in [6, 6.07) is 8.62. The molecule has 0 unspecified atom stereocenters. The average Bonchev–Trinajstić information content (AvgIpc) is 2.49. The molecule has 0 N–H and O–H groups in total. The molecule has 0 aliphatic carbocycles. The van der Waals surface area contributed by atoms with Crippen LogP contribution in [0.2, 0.25) is 0 Å². The van der Waals surface area contributed by atoms with Crippen LogP contribution in [0.5, 0.6) is 0 Å². The fraction of sp³-hybridized carbons (Fsp3) is 0.429. The van der Waals surface area contributed by atoms with E-state index in [0.29, 0.717) is 17.9 Å². The molecule has 0 saturated carbocycles. The number of nitrogens with zero attached hydrogens (tertiary/aromatic N) is 3. The van der Waals surface area contributed by atoms with E-state index in [9.17, 15) is 0 Å². The van der Waals surface area contributed by atoms with Crippen molar-refractivity contribution in [2.24, 2.45) is 9.98 Å². The summed E-state index contributed by atoms with van der Waals surface area (Å²) in [5.74, 6) is 0.630. The second-order valence-corrected chi connectivity index (χ2v) is 5.10. The lowest BCUT2D eigenvalue weighted by molar-refractivity contribution is 0.0853. The first-order chi connectivity index (χ1) is 9.33. The standard InChI is InChI=1S/C14H16ClN3O/c15-14-16-9-18(10-17-14)13-3-1-11(2-4-13)12-5-7-19-8-6-12/h1-4,9,12H,5-8,10H2. The SMILES string of the molecule is ClC1=NCN(c2ccc(C3CCOCC3)cc2)C=N1. The maximum absolute atomic E-state index is 5.71. The number of halogens is 1. The first-order valence-corrected chi connectivity index (χ1v) is 6.89. The number of hydrogen-bond acceptors (Lipinski definition) is 4. The van der Waals surface area contributed by atoms with Crippen LogP contribution in [0, 0.1) is 0 Å². The number of rotatable bonds is 2. The van der Waals surface area contributed by atoms with Crippen LogP contribution in [0.15, 0.2) is 34.3 Å². The van der Waals surface area contributed by atoms with Crippen molar-refractivity contribution in [3.63, 3.8) is 0 Å². The smallest absolute Gasteiger partial charge is 0.220 e. The predicted molar refractivity (Wildman–Crippen MR) is 78.4 cm³/mol. The predicted octanol–water partition coefficient (Wildman–Crippen LogP) is 2.98. The van der Waals surface area contributed by atoms with Gasteiger partial charge in [0.1, 0.15) is 6.67 Å². The Kier molecular flexibility index (Phi) is 3.80. The Hall–Kier alpha value is -1.39. The van der Waals surface area contributed by atoms with E-state index in [-0.39, 0.29) is 0 Å². The van der Waals surface area contributed by atoms with E-state index in [2.05, 4.69) is 34.3 Å². The first-order valence-electron chi connectivity index (χ1n) is 6.51. The average molecular weight is 278 g/mol. The molecule has 19 heavy (non-hydrogen) atoms. The van der Waals surface area contributed by atoms with Crippen molar-refractivity contribution in [1.29, 1.82) is 0 Å². The number of aliphatic imine (C=N–C) groups is 2. The maximum atomic E-state index is 5.71. The highest BCUT2D eigenvalue weighted by molar-refractivity contribution is 6.65.